The minimum absolute atomic E-state index is 0.557. The predicted molar refractivity (Wildman–Crippen MR) is 631 cm³/mol. The molecular weight excluding hydrogens is 1940 g/mol. The molecule has 0 aliphatic heterocycles. The molecular formula is C132H69N9O4S5. The van der Waals surface area contributed by atoms with Crippen LogP contribution in [0.4, 0.5) is 0 Å². The Bertz CT molecular complexity index is 11900. The Labute approximate surface area is 867 Å². The van der Waals surface area contributed by atoms with E-state index in [0.717, 1.165) is 143 Å². The Kier molecular flexibility index (Phi) is 17.3. The van der Waals surface area contributed by atoms with Crippen LogP contribution in [-0.2, 0) is 0 Å². The smallest absolute Gasteiger partial charge is 0.238 e. The lowest BCUT2D eigenvalue weighted by atomic mass is 10.00. The van der Waals surface area contributed by atoms with Crippen LogP contribution in [-0.4, -0.2) is 43.6 Å². The fraction of sp³-hybridized carbons (Fsp3) is 0. The third-order valence-electron chi connectivity index (χ3n) is 30.7. The largest absolute Gasteiger partial charge is 0.456 e. The molecule has 0 atom stereocenters. The van der Waals surface area contributed by atoms with Gasteiger partial charge in [0.05, 0.1) is 66.3 Å². The average molecular weight is 2010 g/mol. The quantitative estimate of drug-likeness (QED) is 0.158. The number of hydrogen-bond donors (Lipinski definition) is 0. The van der Waals surface area contributed by atoms with E-state index in [4.69, 9.17) is 47.6 Å². The number of rotatable bonds is 6. The van der Waals surface area contributed by atoms with Gasteiger partial charge >= 0.3 is 0 Å². The van der Waals surface area contributed by atoms with Gasteiger partial charge in [-0.3, -0.25) is 13.7 Å². The number of aromatic nitrogens is 9. The molecule has 0 amide bonds. The van der Waals surface area contributed by atoms with Crippen molar-refractivity contribution in [2.24, 2.45) is 0 Å². The van der Waals surface area contributed by atoms with E-state index >= 15 is 0 Å². The van der Waals surface area contributed by atoms with E-state index < -0.39 is 0 Å². The molecule has 0 aliphatic rings. The highest BCUT2D eigenvalue weighted by Crippen LogP contribution is 2.56. The number of para-hydroxylation sites is 7. The molecule has 0 spiro atoms. The summed E-state index contributed by atoms with van der Waals surface area (Å²) in [5, 5.41) is 34.9. The highest BCUT2D eigenvalue weighted by atomic mass is 32.1. The molecule has 36 rings (SSSR count). The zero-order chi connectivity index (χ0) is 97.5. The molecule has 150 heavy (non-hydrogen) atoms. The van der Waals surface area contributed by atoms with Crippen molar-refractivity contribution in [2.45, 2.75) is 0 Å². The average Bonchev–Trinajstić information content (AvgIpc) is 1.53. The molecule has 0 bridgehead atoms. The zero-order valence-electron chi connectivity index (χ0n) is 79.0. The molecule has 0 fully saturated rings. The third kappa shape index (κ3) is 11.7. The molecule has 18 heteroatoms. The molecule has 13 nitrogen and oxygen atoms in total. The normalized spacial score (nSPS) is 12.4. The molecule has 0 radical (unpaired) electrons. The first-order chi connectivity index (χ1) is 74.4. The number of furan rings is 4. The summed E-state index contributed by atoms with van der Waals surface area (Å²) in [7, 11) is 0. The van der Waals surface area contributed by atoms with Crippen molar-refractivity contribution in [2.75, 3.05) is 0 Å². The lowest BCUT2D eigenvalue weighted by Crippen LogP contribution is -2.03. The second kappa shape index (κ2) is 31.4. The maximum atomic E-state index is 6.60. The molecule has 0 saturated heterocycles. The summed E-state index contributed by atoms with van der Waals surface area (Å²) < 4.78 is 45.4. The first kappa shape index (κ1) is 82.6. The predicted octanol–water partition coefficient (Wildman–Crippen LogP) is 38.6. The Balaban J connectivity index is 0.0000000957. The fourth-order valence-electron chi connectivity index (χ4n) is 24.4. The van der Waals surface area contributed by atoms with Gasteiger partial charge in [0, 0.05) is 193 Å². The van der Waals surface area contributed by atoms with Gasteiger partial charge in [0.1, 0.15) is 27.9 Å². The van der Waals surface area contributed by atoms with Crippen LogP contribution < -0.4 is 0 Å². The summed E-state index contributed by atoms with van der Waals surface area (Å²) in [6, 6.07) is 148. The van der Waals surface area contributed by atoms with Crippen molar-refractivity contribution < 1.29 is 17.7 Å². The van der Waals surface area contributed by atoms with Gasteiger partial charge in [0.25, 0.3) is 0 Å². The fourth-order valence-corrected chi connectivity index (χ4v) is 30.4. The van der Waals surface area contributed by atoms with Crippen molar-refractivity contribution in [3.05, 3.63) is 419 Å². The van der Waals surface area contributed by atoms with E-state index in [1.54, 1.807) is 0 Å². The van der Waals surface area contributed by atoms with Crippen LogP contribution in [0.3, 0.4) is 0 Å². The van der Waals surface area contributed by atoms with Crippen molar-refractivity contribution in [3.63, 3.8) is 0 Å². The molecule has 696 valence electrons. The Morgan fingerprint density at radius 1 is 0.167 bits per heavy atom. The van der Waals surface area contributed by atoms with Crippen molar-refractivity contribution in [1.82, 2.24) is 43.6 Å². The molecule has 0 unspecified atom stereocenters. The second-order valence-electron chi connectivity index (χ2n) is 38.6. The van der Waals surface area contributed by atoms with Crippen LogP contribution in [0.2, 0.25) is 0 Å². The minimum atomic E-state index is 0.557. The summed E-state index contributed by atoms with van der Waals surface area (Å²) >= 11 is 9.20. The summed E-state index contributed by atoms with van der Waals surface area (Å²) in [4.78, 5) is 32.5. The maximum Gasteiger partial charge on any atom is 0.238 e. The van der Waals surface area contributed by atoms with Gasteiger partial charge in [-0.1, -0.05) is 315 Å². The molecule has 0 N–H and O–H groups in total. The van der Waals surface area contributed by atoms with Crippen molar-refractivity contribution >= 4 is 343 Å². The summed E-state index contributed by atoms with van der Waals surface area (Å²) in [5.41, 5.74) is 18.0. The van der Waals surface area contributed by atoms with Crippen molar-refractivity contribution in [3.8, 4) is 51.6 Å². The zero-order valence-corrected chi connectivity index (χ0v) is 83.1. The van der Waals surface area contributed by atoms with Gasteiger partial charge in [-0.2, -0.15) is 15.0 Å². The van der Waals surface area contributed by atoms with E-state index in [2.05, 4.69) is 372 Å². The number of benzene rings is 21. The highest BCUT2D eigenvalue weighted by Gasteiger charge is 2.33. The SMILES string of the molecule is c1ccc2c(c1)oc1ccc(-c3nc(-n4c5ccccc5c5c6ccccc6c6sc7ccccc7c6c54)nc4oc5ccccc5c34)cc12.c1ccc2c(c1)oc1nc(-n3c4ccccc4c4c5ccccc5c5sc6ccccc6c5c43)nc(-c3ccc4sc5ccccc5c4c3)c12.c1ccc2c(c1)oc1nc(-n3c4ccccc4c4c5ccccc5c5sc6ccccc6c5c43)nc(-c3cccc4c3sc3ccccc34)c12. The van der Waals surface area contributed by atoms with E-state index in [-0.39, 0.29) is 0 Å². The van der Waals surface area contributed by atoms with Gasteiger partial charge in [-0.15, -0.1) is 56.7 Å². The van der Waals surface area contributed by atoms with E-state index in [1.165, 1.54) is 160 Å². The monoisotopic (exact) mass is 2000 g/mol. The molecule has 15 aromatic heterocycles. The summed E-state index contributed by atoms with van der Waals surface area (Å²) in [6.45, 7) is 0. The topological polar surface area (TPSA) is 145 Å². The van der Waals surface area contributed by atoms with Gasteiger partial charge in [0.15, 0.2) is 0 Å². The minimum Gasteiger partial charge on any atom is -0.456 e. The maximum absolute atomic E-state index is 6.60. The lowest BCUT2D eigenvalue weighted by Gasteiger charge is -2.12. The molecule has 21 aromatic carbocycles. The molecule has 15 heterocycles. The van der Waals surface area contributed by atoms with Crippen molar-refractivity contribution in [1.29, 1.82) is 0 Å². The number of thiophene rings is 5. The Morgan fingerprint density at radius 3 is 0.873 bits per heavy atom. The van der Waals surface area contributed by atoms with E-state index in [0.29, 0.717) is 35.0 Å². The number of fused-ring (bicyclic) bond motifs is 48. The number of nitrogens with zero attached hydrogens (tertiary/aromatic N) is 9. The van der Waals surface area contributed by atoms with Gasteiger partial charge in [-0.25, -0.2) is 15.0 Å². The molecule has 0 aliphatic carbocycles. The van der Waals surface area contributed by atoms with Gasteiger partial charge < -0.3 is 17.7 Å². The van der Waals surface area contributed by atoms with E-state index in [1.807, 2.05) is 117 Å². The molecule has 0 saturated carbocycles. The standard InChI is InChI=1S/C44H23N3O2S.2C44H23N3OS2/c1-2-13-27-26(12-1)37-28-14-3-7-17-32(28)47(41(37)39-30-16-6-10-20-36(30)50-42(27)39)44-45-40(38-29-15-5-9-19-34(29)49-43(38)46-44)24-21-22-35-31(23-24)25-11-4-8-18-33(25)48-35;1-2-14-27-25(13-1)36-28-15-3-7-20-32(28)47(40(36)38-30-17-6-10-23-35(30)50-42(27)38)44-45-39(37-29-16-4-8-21-33(29)48-43(37)46-44)31-19-11-18-26-24-12-5-9-22-34(24)49-41(26)31;1-2-13-27-26(12-1)37-28-14-3-7-17-32(28)47(41(37)39-30-16-6-10-20-35(30)50-42(27)39)44-45-40(38-29-15-4-8-18-33(29)48-43(38)46-44)24-21-22-36-31(23-24)25-11-5-9-19-34(25)49-36/h3*1-23H. The van der Waals surface area contributed by atoms with Crippen LogP contribution in [0.1, 0.15) is 0 Å². The van der Waals surface area contributed by atoms with Crippen LogP contribution in [0.5, 0.6) is 0 Å². The van der Waals surface area contributed by atoms with E-state index in [9.17, 15) is 0 Å². The van der Waals surface area contributed by atoms with Crippen LogP contribution >= 0.6 is 56.7 Å². The third-order valence-corrected chi connectivity index (χ3v) is 36.7. The Morgan fingerprint density at radius 2 is 0.447 bits per heavy atom. The summed E-state index contributed by atoms with van der Waals surface area (Å²) in [6.07, 6.45) is 0. The highest BCUT2D eigenvalue weighted by molar-refractivity contribution is 7.28. The number of hydrogen-bond acceptors (Lipinski definition) is 15. The van der Waals surface area contributed by atoms with Crippen LogP contribution in [0, 0.1) is 0 Å². The van der Waals surface area contributed by atoms with Gasteiger partial charge in [-0.05, 0) is 119 Å². The molecule has 36 aromatic rings. The second-order valence-corrected chi connectivity index (χ2v) is 43.9. The first-order valence-corrected chi connectivity index (χ1v) is 54.1. The summed E-state index contributed by atoms with van der Waals surface area (Å²) in [5.74, 6) is 1.77. The lowest BCUT2D eigenvalue weighted by molar-refractivity contribution is 0.651. The van der Waals surface area contributed by atoms with Crippen LogP contribution in [0.15, 0.2) is 436 Å². The Hall–Kier alpha value is -18.7. The first-order valence-electron chi connectivity index (χ1n) is 50.0. The van der Waals surface area contributed by atoms with Crippen LogP contribution in [0.25, 0.3) is 338 Å². The van der Waals surface area contributed by atoms with Gasteiger partial charge in [0.2, 0.25) is 35.0 Å².